The molecule has 0 unspecified atom stereocenters. The molecule has 2 aromatic rings. The second kappa shape index (κ2) is 3.93. The van der Waals surface area contributed by atoms with Crippen LogP contribution in [0, 0.1) is 0 Å². The number of hydrogen-bond acceptors (Lipinski definition) is 2. The lowest BCUT2D eigenvalue weighted by atomic mass is 10.1. The van der Waals surface area contributed by atoms with Crippen LogP contribution >= 0.6 is 11.3 Å². The number of benzene rings is 2. The number of methoxy groups -OCH3 is 1. The van der Waals surface area contributed by atoms with Crippen LogP contribution in [0.2, 0.25) is 0 Å². The van der Waals surface area contributed by atoms with Crippen molar-refractivity contribution in [3.05, 3.63) is 47.8 Å². The first-order valence-electron chi connectivity index (χ1n) is 6.16. The summed E-state index contributed by atoms with van der Waals surface area (Å²) >= 11 is 1.78. The van der Waals surface area contributed by atoms with Crippen molar-refractivity contribution in [3.8, 4) is 17.0 Å². The Kier molecular flexibility index (Phi) is 2.23. The molecule has 92 valence electrons. The van der Waals surface area contributed by atoms with E-state index >= 15 is 0 Å². The molecule has 0 aromatic heterocycles. The van der Waals surface area contributed by atoms with Crippen molar-refractivity contribution in [1.82, 2.24) is 0 Å². The van der Waals surface area contributed by atoms with E-state index in [-0.39, 0.29) is 0 Å². The molecular weight excluding hydrogens is 254 g/mol. The van der Waals surface area contributed by atoms with Crippen LogP contribution in [0.15, 0.2) is 47.8 Å². The Morgan fingerprint density at radius 2 is 1.95 bits per heavy atom. The number of aromatic nitrogens is 1. The van der Waals surface area contributed by atoms with Gasteiger partial charge < -0.3 is 4.74 Å². The molecule has 0 fully saturated rings. The number of ether oxygens (including phenoxy) is 1. The van der Waals surface area contributed by atoms with E-state index in [0.29, 0.717) is 0 Å². The molecule has 3 heteroatoms. The third kappa shape index (κ3) is 1.52. The molecule has 19 heavy (non-hydrogen) atoms. The van der Waals surface area contributed by atoms with Crippen molar-refractivity contribution in [2.45, 2.75) is 0 Å². The lowest BCUT2D eigenvalue weighted by Gasteiger charge is -1.99. The normalized spacial score (nSPS) is 11.4. The zero-order chi connectivity index (χ0) is 12.8. The van der Waals surface area contributed by atoms with Crippen LogP contribution in [-0.4, -0.2) is 7.11 Å². The lowest BCUT2D eigenvalue weighted by molar-refractivity contribution is -0.325. The molecule has 1 N–H and O–H groups in total. The summed E-state index contributed by atoms with van der Waals surface area (Å²) in [5.74, 6) is 0.895. The summed E-state index contributed by atoms with van der Waals surface area (Å²) in [6, 6.07) is 14.6. The van der Waals surface area contributed by atoms with Crippen LogP contribution in [0.25, 0.3) is 32.2 Å². The van der Waals surface area contributed by atoms with Gasteiger partial charge in [-0.25, -0.2) is 4.98 Å². The van der Waals surface area contributed by atoms with E-state index in [0.717, 1.165) is 11.3 Å². The maximum absolute atomic E-state index is 5.32. The van der Waals surface area contributed by atoms with Crippen LogP contribution in [0.4, 0.5) is 0 Å². The topological polar surface area (TPSA) is 23.4 Å². The number of rotatable bonds is 1. The van der Waals surface area contributed by atoms with Gasteiger partial charge in [0.05, 0.1) is 23.4 Å². The van der Waals surface area contributed by atoms with Gasteiger partial charge in [-0.05, 0) is 24.3 Å². The summed E-state index contributed by atoms with van der Waals surface area (Å²) in [5, 5.41) is 4.71. The standard InChI is InChI=1S/C16H11NOS/c1-18-10-6-7-14-12(8-10)13-9-19-15-5-3-2-4-11(15)16(13)17-14/h2-9H,1H3/p+1. The van der Waals surface area contributed by atoms with Gasteiger partial charge in [-0.15, -0.1) is 11.3 Å². The van der Waals surface area contributed by atoms with Crippen LogP contribution in [0.3, 0.4) is 0 Å². The van der Waals surface area contributed by atoms with E-state index in [1.54, 1.807) is 18.4 Å². The third-order valence-corrected chi connectivity index (χ3v) is 4.47. The molecule has 4 rings (SSSR count). The Morgan fingerprint density at radius 3 is 2.84 bits per heavy atom. The minimum Gasteiger partial charge on any atom is -0.497 e. The lowest BCUT2D eigenvalue weighted by Crippen LogP contribution is -2.00. The van der Waals surface area contributed by atoms with Gasteiger partial charge in [0.15, 0.2) is 0 Å². The summed E-state index contributed by atoms with van der Waals surface area (Å²) in [6.45, 7) is 0. The Morgan fingerprint density at radius 1 is 1.05 bits per heavy atom. The van der Waals surface area contributed by atoms with Crippen molar-refractivity contribution >= 4 is 32.3 Å². The Hall–Kier alpha value is -2.13. The van der Waals surface area contributed by atoms with Gasteiger partial charge in [-0.2, -0.15) is 0 Å². The Balaban J connectivity index is 2.16. The fourth-order valence-corrected chi connectivity index (χ4v) is 3.50. The molecule has 2 aliphatic rings. The van der Waals surface area contributed by atoms with Crippen LogP contribution < -0.4 is 9.72 Å². The van der Waals surface area contributed by atoms with E-state index in [1.165, 1.54) is 26.7 Å². The van der Waals surface area contributed by atoms with Crippen LogP contribution in [-0.2, 0) is 0 Å². The van der Waals surface area contributed by atoms with E-state index < -0.39 is 0 Å². The van der Waals surface area contributed by atoms with Gasteiger partial charge in [0.25, 0.3) is 0 Å². The zero-order valence-corrected chi connectivity index (χ0v) is 11.3. The highest BCUT2D eigenvalue weighted by atomic mass is 32.1. The minimum absolute atomic E-state index is 0.895. The van der Waals surface area contributed by atoms with Crippen LogP contribution in [0.1, 0.15) is 0 Å². The maximum Gasteiger partial charge on any atom is 0.221 e. The second-order valence-electron chi connectivity index (χ2n) is 4.56. The molecule has 0 bridgehead atoms. The summed E-state index contributed by atoms with van der Waals surface area (Å²) < 4.78 is 6.62. The predicted octanol–water partition coefficient (Wildman–Crippen LogP) is 3.98. The first kappa shape index (κ1) is 10.8. The molecule has 0 atom stereocenters. The largest absolute Gasteiger partial charge is 0.497 e. The summed E-state index contributed by atoms with van der Waals surface area (Å²) in [7, 11) is 1.70. The molecule has 2 aromatic carbocycles. The van der Waals surface area contributed by atoms with E-state index in [9.17, 15) is 0 Å². The zero-order valence-electron chi connectivity index (χ0n) is 10.4. The van der Waals surface area contributed by atoms with Crippen molar-refractivity contribution in [1.29, 1.82) is 0 Å². The number of aromatic amines is 1. The Bertz CT molecular complexity index is 865. The summed E-state index contributed by atoms with van der Waals surface area (Å²) in [6.07, 6.45) is 0. The smallest absolute Gasteiger partial charge is 0.221 e. The molecule has 0 spiro atoms. The predicted molar refractivity (Wildman–Crippen MR) is 79.1 cm³/mol. The number of nitrogens with one attached hydrogen (secondary N) is 1. The van der Waals surface area contributed by atoms with Gasteiger partial charge >= 0.3 is 0 Å². The van der Waals surface area contributed by atoms with Gasteiger partial charge in [0.2, 0.25) is 11.2 Å². The quantitative estimate of drug-likeness (QED) is 0.511. The minimum atomic E-state index is 0.895. The molecule has 0 amide bonds. The van der Waals surface area contributed by atoms with Gasteiger partial charge in [0.1, 0.15) is 5.75 Å². The molecule has 2 aliphatic heterocycles. The van der Waals surface area contributed by atoms with E-state index in [4.69, 9.17) is 4.74 Å². The third-order valence-electron chi connectivity index (χ3n) is 3.51. The molecule has 2 nitrogen and oxygen atoms in total. The number of H-pyrrole nitrogens is 1. The fourth-order valence-electron chi connectivity index (χ4n) is 2.55. The molecule has 0 aliphatic carbocycles. The van der Waals surface area contributed by atoms with Gasteiger partial charge in [-0.1, -0.05) is 12.1 Å². The van der Waals surface area contributed by atoms with Crippen molar-refractivity contribution in [2.75, 3.05) is 7.11 Å². The SMILES string of the molecule is COc1ccc2[nH+]c3c4ccccc4scc-3c2c1. The Labute approximate surface area is 114 Å². The van der Waals surface area contributed by atoms with Gasteiger partial charge in [0, 0.05) is 16.1 Å². The molecule has 2 heterocycles. The highest BCUT2D eigenvalue weighted by Gasteiger charge is 2.21. The fraction of sp³-hybridized carbons (Fsp3) is 0.0625. The van der Waals surface area contributed by atoms with E-state index in [1.807, 2.05) is 6.07 Å². The molecule has 0 saturated carbocycles. The van der Waals surface area contributed by atoms with Gasteiger partial charge in [-0.3, -0.25) is 0 Å². The highest BCUT2D eigenvalue weighted by Crippen LogP contribution is 2.37. The summed E-state index contributed by atoms with van der Waals surface area (Å²) in [5.41, 5.74) is 3.62. The first-order chi connectivity index (χ1) is 9.36. The molecular formula is C16H12NOS+. The maximum atomic E-state index is 5.32. The monoisotopic (exact) mass is 266 g/mol. The first-order valence-corrected chi connectivity index (χ1v) is 7.04. The average Bonchev–Trinajstić information content (AvgIpc) is 2.85. The highest BCUT2D eigenvalue weighted by molar-refractivity contribution is 7.17. The van der Waals surface area contributed by atoms with Crippen LogP contribution in [0.5, 0.6) is 5.75 Å². The molecule has 0 radical (unpaired) electrons. The van der Waals surface area contributed by atoms with Crippen molar-refractivity contribution in [2.24, 2.45) is 0 Å². The average molecular weight is 266 g/mol. The number of fused-ring (bicyclic) bond motifs is 5. The number of hydrogen-bond donors (Lipinski definition) is 0. The van der Waals surface area contributed by atoms with E-state index in [2.05, 4.69) is 46.8 Å². The summed E-state index contributed by atoms with van der Waals surface area (Å²) in [4.78, 5) is 3.52. The molecule has 0 saturated heterocycles. The second-order valence-corrected chi connectivity index (χ2v) is 5.47. The van der Waals surface area contributed by atoms with Crippen molar-refractivity contribution < 1.29 is 9.72 Å². The van der Waals surface area contributed by atoms with Crippen molar-refractivity contribution in [3.63, 3.8) is 0 Å².